The van der Waals surface area contributed by atoms with Crippen molar-refractivity contribution in [1.82, 2.24) is 0 Å². The van der Waals surface area contributed by atoms with Crippen LogP contribution in [0.3, 0.4) is 0 Å². The minimum absolute atomic E-state index is 0.161. The van der Waals surface area contributed by atoms with Crippen LogP contribution in [0.4, 0.5) is 18.9 Å². The second kappa shape index (κ2) is 4.13. The average molecular weight is 301 g/mol. The number of fused-ring (bicyclic) bond motifs is 1. The quantitative estimate of drug-likeness (QED) is 0.836. The van der Waals surface area contributed by atoms with E-state index in [1.807, 2.05) is 0 Å². The minimum atomic E-state index is -4.65. The van der Waals surface area contributed by atoms with Gasteiger partial charge in [-0.3, -0.25) is 4.79 Å². The van der Waals surface area contributed by atoms with Gasteiger partial charge in [0.2, 0.25) is 5.91 Å². The molecule has 4 nitrogen and oxygen atoms in total. The van der Waals surface area contributed by atoms with E-state index in [2.05, 4.69) is 0 Å². The smallest absolute Gasteiger partial charge is 0.418 e. The van der Waals surface area contributed by atoms with Gasteiger partial charge in [-0.25, -0.2) is 0 Å². The molecule has 0 saturated heterocycles. The maximum Gasteiger partial charge on any atom is 0.418 e. The molecule has 21 heavy (non-hydrogen) atoms. The summed E-state index contributed by atoms with van der Waals surface area (Å²) < 4.78 is 39.5. The topological polar surface area (TPSA) is 60.8 Å². The van der Waals surface area contributed by atoms with Crippen LogP contribution in [-0.2, 0) is 17.4 Å². The van der Waals surface area contributed by atoms with Crippen LogP contribution < -0.4 is 4.90 Å². The molecule has 0 bridgehead atoms. The molecular formula is C14H14F3NO3. The maximum atomic E-state index is 13.2. The molecule has 1 fully saturated rings. The van der Waals surface area contributed by atoms with Gasteiger partial charge in [0.15, 0.2) is 0 Å². The minimum Gasteiger partial charge on any atom is -0.508 e. The molecule has 0 spiro atoms. The molecule has 2 N–H and O–H groups in total. The fourth-order valence-corrected chi connectivity index (χ4v) is 3.21. The molecule has 2 aliphatic rings. The number of phenolic OH excluding ortho intramolecular Hbond substituents is 1. The number of carbonyl (C=O) groups excluding carboxylic acids is 1. The monoisotopic (exact) mass is 301 g/mol. The molecule has 0 aromatic heterocycles. The van der Waals surface area contributed by atoms with Crippen LogP contribution in [0.15, 0.2) is 12.1 Å². The predicted octanol–water partition coefficient (Wildman–Crippen LogP) is 2.21. The lowest BCUT2D eigenvalue weighted by Crippen LogP contribution is -2.55. The van der Waals surface area contributed by atoms with Gasteiger partial charge in [-0.15, -0.1) is 0 Å². The van der Waals surface area contributed by atoms with Crippen LogP contribution in [0.2, 0.25) is 0 Å². The Morgan fingerprint density at radius 3 is 2.48 bits per heavy atom. The highest BCUT2D eigenvalue weighted by atomic mass is 19.4. The van der Waals surface area contributed by atoms with E-state index in [1.165, 1.54) is 6.07 Å². The first-order valence-electron chi connectivity index (χ1n) is 6.56. The van der Waals surface area contributed by atoms with Gasteiger partial charge in [0, 0.05) is 6.04 Å². The largest absolute Gasteiger partial charge is 0.508 e. The Balaban J connectivity index is 2.07. The summed E-state index contributed by atoms with van der Waals surface area (Å²) >= 11 is 0. The zero-order valence-corrected chi connectivity index (χ0v) is 11.2. The standard InChI is InChI=1S/C14H14F3NO3/c1-13(21)5-8(6-13)18-11(20)3-7-2-9(19)4-10(12(7)18)14(15,16)17/h2,4,8,19,21H,3,5-6H2,1H3/t8-,13+. The molecule has 1 aliphatic carbocycles. The Morgan fingerprint density at radius 1 is 1.33 bits per heavy atom. The fourth-order valence-electron chi connectivity index (χ4n) is 3.21. The van der Waals surface area contributed by atoms with E-state index < -0.39 is 35.0 Å². The number of hydrogen-bond acceptors (Lipinski definition) is 3. The molecule has 0 atom stereocenters. The number of alkyl halides is 3. The number of phenols is 1. The lowest BCUT2D eigenvalue weighted by Gasteiger charge is -2.46. The highest BCUT2D eigenvalue weighted by molar-refractivity contribution is 6.03. The van der Waals surface area contributed by atoms with Crippen molar-refractivity contribution in [3.63, 3.8) is 0 Å². The van der Waals surface area contributed by atoms with Gasteiger partial charge in [-0.1, -0.05) is 0 Å². The predicted molar refractivity (Wildman–Crippen MR) is 67.9 cm³/mol. The first-order valence-corrected chi connectivity index (χ1v) is 6.56. The molecule has 1 saturated carbocycles. The second-order valence-electron chi connectivity index (χ2n) is 6.00. The summed E-state index contributed by atoms with van der Waals surface area (Å²) in [5.41, 5.74) is -1.94. The molecule has 1 heterocycles. The number of amides is 1. The summed E-state index contributed by atoms with van der Waals surface area (Å²) in [5.74, 6) is -0.932. The summed E-state index contributed by atoms with van der Waals surface area (Å²) in [6, 6.07) is 1.40. The molecule has 1 aliphatic heterocycles. The third kappa shape index (κ3) is 2.25. The van der Waals surface area contributed by atoms with Gasteiger partial charge >= 0.3 is 6.18 Å². The molecule has 1 aromatic carbocycles. The van der Waals surface area contributed by atoms with Crippen LogP contribution in [0, 0.1) is 0 Å². The summed E-state index contributed by atoms with van der Waals surface area (Å²) in [6.45, 7) is 1.59. The fraction of sp³-hybridized carbons (Fsp3) is 0.500. The lowest BCUT2D eigenvalue weighted by molar-refractivity contribution is -0.137. The highest BCUT2D eigenvalue weighted by Crippen LogP contribution is 2.48. The van der Waals surface area contributed by atoms with E-state index in [0.717, 1.165) is 4.90 Å². The lowest BCUT2D eigenvalue weighted by atomic mass is 9.76. The molecule has 1 amide bonds. The molecule has 0 unspecified atom stereocenters. The first kappa shape index (κ1) is 14.2. The summed E-state index contributed by atoms with van der Waals surface area (Å²) in [6.07, 6.45) is -4.32. The maximum absolute atomic E-state index is 13.2. The number of rotatable bonds is 1. The summed E-state index contributed by atoms with van der Waals surface area (Å²) in [7, 11) is 0. The third-order valence-electron chi connectivity index (χ3n) is 4.05. The van der Waals surface area contributed by atoms with Crippen molar-refractivity contribution in [3.8, 4) is 5.75 Å². The molecule has 7 heteroatoms. The van der Waals surface area contributed by atoms with Gasteiger partial charge in [0.1, 0.15) is 5.75 Å². The van der Waals surface area contributed by atoms with E-state index in [4.69, 9.17) is 0 Å². The van der Waals surface area contributed by atoms with E-state index in [9.17, 15) is 28.2 Å². The van der Waals surface area contributed by atoms with Crippen LogP contribution in [0.5, 0.6) is 5.75 Å². The Bertz CT molecular complexity index is 617. The first-order chi connectivity index (χ1) is 9.58. The van der Waals surface area contributed by atoms with Gasteiger partial charge in [0.05, 0.1) is 23.3 Å². The van der Waals surface area contributed by atoms with Crippen molar-refractivity contribution in [2.24, 2.45) is 0 Å². The van der Waals surface area contributed by atoms with E-state index >= 15 is 0 Å². The SMILES string of the molecule is C[C@]1(O)C[C@@H](N2C(=O)Cc3cc(O)cc(C(F)(F)F)c32)C1. The Morgan fingerprint density at radius 2 is 1.95 bits per heavy atom. The normalized spacial score (nSPS) is 28.5. The van der Waals surface area contributed by atoms with Gasteiger partial charge in [-0.2, -0.15) is 13.2 Å². The number of hydrogen-bond donors (Lipinski definition) is 2. The Kier molecular flexibility index (Phi) is 2.79. The summed E-state index contributed by atoms with van der Waals surface area (Å²) in [4.78, 5) is 13.2. The van der Waals surface area contributed by atoms with Gasteiger partial charge < -0.3 is 15.1 Å². The third-order valence-corrected chi connectivity index (χ3v) is 4.05. The van der Waals surface area contributed by atoms with Crippen molar-refractivity contribution in [1.29, 1.82) is 0 Å². The van der Waals surface area contributed by atoms with Crippen molar-refractivity contribution < 1.29 is 28.2 Å². The number of nitrogens with zero attached hydrogens (tertiary/aromatic N) is 1. The number of aromatic hydroxyl groups is 1. The van der Waals surface area contributed by atoms with Gasteiger partial charge in [0.25, 0.3) is 0 Å². The summed E-state index contributed by atoms with van der Waals surface area (Å²) in [5, 5.41) is 19.2. The number of halogens is 3. The van der Waals surface area contributed by atoms with Crippen LogP contribution in [-0.4, -0.2) is 27.8 Å². The Labute approximate surface area is 118 Å². The van der Waals surface area contributed by atoms with Crippen molar-refractivity contribution in [2.45, 2.75) is 44.0 Å². The van der Waals surface area contributed by atoms with Crippen LogP contribution in [0.25, 0.3) is 0 Å². The molecular weight excluding hydrogens is 287 g/mol. The number of carbonyl (C=O) groups is 1. The molecule has 3 rings (SSSR count). The molecule has 114 valence electrons. The average Bonchev–Trinajstić information content (AvgIpc) is 2.58. The zero-order chi connectivity index (χ0) is 15.6. The van der Waals surface area contributed by atoms with Gasteiger partial charge in [-0.05, 0) is 37.5 Å². The van der Waals surface area contributed by atoms with Crippen molar-refractivity contribution >= 4 is 11.6 Å². The Hall–Kier alpha value is -1.76. The number of anilines is 1. The molecule has 1 aromatic rings. The highest BCUT2D eigenvalue weighted by Gasteiger charge is 2.49. The number of aliphatic hydroxyl groups is 1. The van der Waals surface area contributed by atoms with E-state index in [0.29, 0.717) is 6.07 Å². The van der Waals surface area contributed by atoms with Crippen LogP contribution in [0.1, 0.15) is 30.9 Å². The zero-order valence-electron chi connectivity index (χ0n) is 11.2. The van der Waals surface area contributed by atoms with Crippen molar-refractivity contribution in [3.05, 3.63) is 23.3 Å². The van der Waals surface area contributed by atoms with Crippen LogP contribution >= 0.6 is 0 Å². The number of benzene rings is 1. The van der Waals surface area contributed by atoms with Crippen molar-refractivity contribution in [2.75, 3.05) is 4.90 Å². The second-order valence-corrected chi connectivity index (χ2v) is 6.00. The van der Waals surface area contributed by atoms with E-state index in [-0.39, 0.29) is 30.5 Å². The molecule has 0 radical (unpaired) electrons. The van der Waals surface area contributed by atoms with E-state index in [1.54, 1.807) is 6.92 Å².